The molecule has 0 bridgehead atoms. The maximum atomic E-state index is 12.5. The van der Waals surface area contributed by atoms with Crippen LogP contribution in [0.2, 0.25) is 0 Å². The predicted molar refractivity (Wildman–Crippen MR) is 110 cm³/mol. The molecular formula is C17H12N6O4S3. The molecule has 0 saturated carbocycles. The van der Waals surface area contributed by atoms with Crippen LogP contribution >= 0.6 is 23.1 Å². The Morgan fingerprint density at radius 2 is 1.83 bits per heavy atom. The molecule has 2 N–H and O–H groups in total. The summed E-state index contributed by atoms with van der Waals surface area (Å²) in [6.45, 7) is 0. The van der Waals surface area contributed by atoms with Crippen LogP contribution in [0, 0.1) is 0 Å². The fourth-order valence-corrected chi connectivity index (χ4v) is 5.15. The van der Waals surface area contributed by atoms with E-state index in [-0.39, 0.29) is 9.77 Å². The van der Waals surface area contributed by atoms with Gasteiger partial charge in [0.2, 0.25) is 5.16 Å². The van der Waals surface area contributed by atoms with Gasteiger partial charge in [0.05, 0.1) is 16.8 Å². The van der Waals surface area contributed by atoms with Crippen LogP contribution in [0.25, 0.3) is 5.69 Å². The number of anilines is 1. The second-order valence-corrected chi connectivity index (χ2v) is 9.66. The van der Waals surface area contributed by atoms with Crippen molar-refractivity contribution in [1.82, 2.24) is 25.2 Å². The van der Waals surface area contributed by atoms with Gasteiger partial charge >= 0.3 is 5.97 Å². The van der Waals surface area contributed by atoms with Gasteiger partial charge in [0, 0.05) is 5.69 Å². The Kier molecular flexibility index (Phi) is 5.48. The first-order chi connectivity index (χ1) is 14.4. The van der Waals surface area contributed by atoms with E-state index in [4.69, 9.17) is 5.11 Å². The Hall–Kier alpha value is -3.29. The highest BCUT2D eigenvalue weighted by Gasteiger charge is 2.17. The summed E-state index contributed by atoms with van der Waals surface area (Å²) in [7, 11) is -3.74. The number of sulfonamides is 1. The normalized spacial score (nSPS) is 11.3. The molecule has 2 heterocycles. The molecule has 0 unspecified atom stereocenters. The number of carboxylic acids is 1. The molecule has 30 heavy (non-hydrogen) atoms. The monoisotopic (exact) mass is 460 g/mol. The van der Waals surface area contributed by atoms with E-state index in [2.05, 4.69) is 25.2 Å². The number of para-hydroxylation sites is 1. The lowest BCUT2D eigenvalue weighted by Gasteiger charge is -2.09. The minimum absolute atomic E-state index is 0.0865. The highest BCUT2D eigenvalue weighted by Crippen LogP contribution is 2.30. The first kappa shape index (κ1) is 20.0. The summed E-state index contributed by atoms with van der Waals surface area (Å²) in [5.41, 5.74) is 1.00. The van der Waals surface area contributed by atoms with E-state index in [0.717, 1.165) is 23.1 Å². The summed E-state index contributed by atoms with van der Waals surface area (Å²) in [5.74, 6) is -1.06. The number of aromatic nitrogens is 5. The van der Waals surface area contributed by atoms with E-state index in [1.165, 1.54) is 23.0 Å². The van der Waals surface area contributed by atoms with E-state index < -0.39 is 16.0 Å². The van der Waals surface area contributed by atoms with E-state index in [1.54, 1.807) is 42.5 Å². The van der Waals surface area contributed by atoms with Crippen molar-refractivity contribution in [2.75, 3.05) is 4.72 Å². The van der Waals surface area contributed by atoms with Crippen molar-refractivity contribution < 1.29 is 18.3 Å². The summed E-state index contributed by atoms with van der Waals surface area (Å²) < 4.78 is 29.5. The fourth-order valence-electron chi connectivity index (χ4n) is 2.37. The van der Waals surface area contributed by atoms with Gasteiger partial charge in [0.15, 0.2) is 4.34 Å². The molecule has 0 spiro atoms. The first-order valence-corrected chi connectivity index (χ1v) is 11.4. The van der Waals surface area contributed by atoms with Gasteiger partial charge in [-0.15, -0.1) is 16.4 Å². The molecular weight excluding hydrogens is 448 g/mol. The van der Waals surface area contributed by atoms with Crippen LogP contribution in [0.5, 0.6) is 0 Å². The van der Waals surface area contributed by atoms with Crippen molar-refractivity contribution in [3.05, 3.63) is 65.7 Å². The molecule has 152 valence electrons. The number of carboxylic acid groups (broad SMARTS) is 1. The van der Waals surface area contributed by atoms with Crippen LogP contribution in [-0.2, 0) is 10.0 Å². The van der Waals surface area contributed by atoms with Crippen LogP contribution in [0.3, 0.4) is 0 Å². The summed E-state index contributed by atoms with van der Waals surface area (Å²) in [5, 5.41) is 20.8. The molecule has 0 amide bonds. The van der Waals surface area contributed by atoms with Gasteiger partial charge in [-0.05, 0) is 58.6 Å². The average Bonchev–Trinajstić information content (AvgIpc) is 3.39. The lowest BCUT2D eigenvalue weighted by Crippen LogP contribution is -2.13. The minimum Gasteiger partial charge on any atom is -0.477 e. The molecule has 0 aliphatic heterocycles. The van der Waals surface area contributed by atoms with Crippen molar-refractivity contribution >= 4 is 44.8 Å². The molecule has 0 aliphatic carbocycles. The van der Waals surface area contributed by atoms with Crippen LogP contribution in [0.1, 0.15) is 9.67 Å². The average molecular weight is 461 g/mol. The molecule has 0 fully saturated rings. The molecule has 4 aromatic rings. The number of aromatic carboxylic acids is 1. The highest BCUT2D eigenvalue weighted by atomic mass is 32.2. The molecule has 4 rings (SSSR count). The van der Waals surface area contributed by atoms with Crippen LogP contribution in [0.4, 0.5) is 5.69 Å². The first-order valence-electron chi connectivity index (χ1n) is 8.26. The number of nitrogens with one attached hydrogen (secondary N) is 1. The molecule has 0 radical (unpaired) electrons. The van der Waals surface area contributed by atoms with E-state index in [1.807, 2.05) is 0 Å². The van der Waals surface area contributed by atoms with Crippen molar-refractivity contribution in [2.45, 2.75) is 14.4 Å². The Bertz CT molecular complexity index is 1290. The van der Waals surface area contributed by atoms with Gasteiger partial charge in [-0.2, -0.15) is 4.68 Å². The smallest absolute Gasteiger partial charge is 0.347 e. The number of thiazole rings is 1. The van der Waals surface area contributed by atoms with E-state index >= 15 is 0 Å². The zero-order valence-corrected chi connectivity index (χ0v) is 17.4. The third-order valence-electron chi connectivity index (χ3n) is 3.73. The molecule has 13 heteroatoms. The summed E-state index contributed by atoms with van der Waals surface area (Å²) in [4.78, 5) is 15.2. The standard InChI is InChI=1S/C17H12N6O4S3/c24-15(25)14-10-18-17(28-14)29-16-19-21-22-23(16)12-6-8-13(9-7-12)30(26,27)20-11-4-2-1-3-5-11/h1-10,20H,(H,24,25). The Morgan fingerprint density at radius 1 is 1.10 bits per heavy atom. The number of carbonyl (C=O) groups is 1. The number of hydrogen-bond acceptors (Lipinski definition) is 9. The summed E-state index contributed by atoms with van der Waals surface area (Å²) in [6, 6.07) is 14.6. The second kappa shape index (κ2) is 8.22. The summed E-state index contributed by atoms with van der Waals surface area (Å²) in [6.07, 6.45) is 1.27. The van der Waals surface area contributed by atoms with Crippen molar-refractivity contribution in [1.29, 1.82) is 0 Å². The Morgan fingerprint density at radius 3 is 2.50 bits per heavy atom. The number of benzene rings is 2. The van der Waals surface area contributed by atoms with Crippen LogP contribution in [0.15, 0.2) is 75.2 Å². The quantitative estimate of drug-likeness (QED) is 0.426. The lowest BCUT2D eigenvalue weighted by molar-refractivity contribution is 0.0702. The van der Waals surface area contributed by atoms with Gasteiger partial charge in [0.1, 0.15) is 4.88 Å². The fraction of sp³-hybridized carbons (Fsp3) is 0. The topological polar surface area (TPSA) is 140 Å². The minimum atomic E-state index is -3.74. The molecule has 10 nitrogen and oxygen atoms in total. The highest BCUT2D eigenvalue weighted by molar-refractivity contribution is 8.00. The SMILES string of the molecule is O=C(O)c1cnc(Sc2nnnn2-c2ccc(S(=O)(=O)Nc3ccccc3)cc2)s1. The molecule has 2 aromatic carbocycles. The number of tetrazole rings is 1. The second-order valence-electron chi connectivity index (χ2n) is 5.74. The van der Waals surface area contributed by atoms with Gasteiger partial charge in [-0.1, -0.05) is 18.2 Å². The lowest BCUT2D eigenvalue weighted by atomic mass is 10.3. The van der Waals surface area contributed by atoms with Gasteiger partial charge in [-0.25, -0.2) is 18.2 Å². The van der Waals surface area contributed by atoms with Gasteiger partial charge in [-0.3, -0.25) is 4.72 Å². The zero-order valence-electron chi connectivity index (χ0n) is 14.9. The van der Waals surface area contributed by atoms with Gasteiger partial charge < -0.3 is 5.11 Å². The maximum absolute atomic E-state index is 12.5. The third kappa shape index (κ3) is 4.32. The molecule has 2 aromatic heterocycles. The third-order valence-corrected chi connectivity index (χ3v) is 7.13. The van der Waals surface area contributed by atoms with Crippen LogP contribution < -0.4 is 4.72 Å². The van der Waals surface area contributed by atoms with Crippen LogP contribution in [-0.4, -0.2) is 44.7 Å². The largest absolute Gasteiger partial charge is 0.477 e. The Labute approximate surface area is 178 Å². The van der Waals surface area contributed by atoms with Gasteiger partial charge in [0.25, 0.3) is 10.0 Å². The summed E-state index contributed by atoms with van der Waals surface area (Å²) >= 11 is 2.11. The number of rotatable bonds is 7. The predicted octanol–water partition coefficient (Wildman–Crippen LogP) is 2.77. The van der Waals surface area contributed by atoms with Crippen molar-refractivity contribution in [3.8, 4) is 5.69 Å². The number of hydrogen-bond donors (Lipinski definition) is 2. The van der Waals surface area contributed by atoms with Crippen molar-refractivity contribution in [2.24, 2.45) is 0 Å². The molecule has 0 saturated heterocycles. The van der Waals surface area contributed by atoms with E-state index in [9.17, 15) is 13.2 Å². The Balaban J connectivity index is 1.55. The maximum Gasteiger partial charge on any atom is 0.347 e. The zero-order chi connectivity index (χ0) is 21.1. The number of nitrogens with zero attached hydrogens (tertiary/aromatic N) is 5. The van der Waals surface area contributed by atoms with Crippen molar-refractivity contribution in [3.63, 3.8) is 0 Å². The molecule has 0 aliphatic rings. The molecule has 0 atom stereocenters. The van der Waals surface area contributed by atoms with E-state index in [0.29, 0.717) is 20.9 Å².